The van der Waals surface area contributed by atoms with Crippen LogP contribution < -0.4 is 0 Å². The van der Waals surface area contributed by atoms with E-state index in [1.54, 1.807) is 7.11 Å². The van der Waals surface area contributed by atoms with Crippen LogP contribution in [0.5, 0.6) is 0 Å². The van der Waals surface area contributed by atoms with Crippen LogP contribution in [-0.4, -0.2) is 38.3 Å². The molecule has 0 aromatic carbocycles. The van der Waals surface area contributed by atoms with Gasteiger partial charge < -0.3 is 9.64 Å². The van der Waals surface area contributed by atoms with Crippen molar-refractivity contribution in [1.82, 2.24) is 4.90 Å². The molecule has 2 nitrogen and oxygen atoms in total. The molecular formula is C7H17NOS. The number of hydrogen-bond acceptors (Lipinski definition) is 2. The summed E-state index contributed by atoms with van der Waals surface area (Å²) in [4.78, 5) is 2.26. The van der Waals surface area contributed by atoms with Crippen LogP contribution in [0, 0.1) is 0 Å². The lowest BCUT2D eigenvalue weighted by Crippen LogP contribution is -2.44. The van der Waals surface area contributed by atoms with Gasteiger partial charge in [0.25, 0.3) is 0 Å². The van der Waals surface area contributed by atoms with Crippen LogP contribution in [0.25, 0.3) is 0 Å². The van der Waals surface area contributed by atoms with Crippen LogP contribution in [-0.2, 0) is 4.74 Å². The summed E-state index contributed by atoms with van der Waals surface area (Å²) in [5.74, 6) is 0. The van der Waals surface area contributed by atoms with Crippen LogP contribution in [0.1, 0.15) is 12.8 Å². The van der Waals surface area contributed by atoms with Crippen molar-refractivity contribution < 1.29 is 4.74 Å². The maximum absolute atomic E-state index is 5.14. The molecule has 0 bridgehead atoms. The number of rotatable bonds is 2. The Morgan fingerprint density at radius 2 is 1.80 bits per heavy atom. The Bertz CT molecular complexity index is 91.6. The molecule has 0 spiro atoms. The molecule has 1 aliphatic carbocycles. The Morgan fingerprint density at radius 1 is 1.30 bits per heavy atom. The van der Waals surface area contributed by atoms with Gasteiger partial charge in [-0.3, -0.25) is 0 Å². The summed E-state index contributed by atoms with van der Waals surface area (Å²) in [5.41, 5.74) is 0. The molecule has 0 aromatic rings. The first-order valence-electron chi connectivity index (χ1n) is 3.43. The van der Waals surface area contributed by atoms with Gasteiger partial charge in [-0.1, -0.05) is 0 Å². The third-order valence-electron chi connectivity index (χ3n) is 2.13. The van der Waals surface area contributed by atoms with Crippen molar-refractivity contribution in [1.29, 1.82) is 0 Å². The first-order valence-corrected chi connectivity index (χ1v) is 3.43. The average molecular weight is 163 g/mol. The summed E-state index contributed by atoms with van der Waals surface area (Å²) in [6.45, 7) is 0. The molecule has 1 saturated carbocycles. The molecule has 0 saturated heterocycles. The minimum Gasteiger partial charge on any atom is -0.381 e. The zero-order valence-corrected chi connectivity index (χ0v) is 7.92. The van der Waals surface area contributed by atoms with Gasteiger partial charge in [0.05, 0.1) is 6.10 Å². The summed E-state index contributed by atoms with van der Waals surface area (Å²) >= 11 is 0. The summed E-state index contributed by atoms with van der Waals surface area (Å²) in [6, 6.07) is 0.773. The minimum atomic E-state index is 0. The van der Waals surface area contributed by atoms with Crippen LogP contribution in [0.2, 0.25) is 0 Å². The van der Waals surface area contributed by atoms with E-state index in [0.29, 0.717) is 6.10 Å². The number of hydrogen-bond donors (Lipinski definition) is 0. The highest BCUT2D eigenvalue weighted by Crippen LogP contribution is 2.25. The van der Waals surface area contributed by atoms with Gasteiger partial charge in [-0.2, -0.15) is 13.5 Å². The number of nitrogens with zero attached hydrogens (tertiary/aromatic N) is 1. The molecule has 0 radical (unpaired) electrons. The van der Waals surface area contributed by atoms with Crippen molar-refractivity contribution >= 4 is 13.5 Å². The van der Waals surface area contributed by atoms with Gasteiger partial charge in [0.2, 0.25) is 0 Å². The quantitative estimate of drug-likeness (QED) is 0.598. The molecule has 0 N–H and O–H groups in total. The van der Waals surface area contributed by atoms with Crippen LogP contribution >= 0.6 is 13.5 Å². The molecule has 1 aliphatic rings. The molecule has 0 aliphatic heterocycles. The molecule has 10 heavy (non-hydrogen) atoms. The van der Waals surface area contributed by atoms with E-state index in [0.717, 1.165) is 6.04 Å². The topological polar surface area (TPSA) is 12.5 Å². The molecule has 0 unspecified atom stereocenters. The maximum Gasteiger partial charge on any atom is 0.0601 e. The fraction of sp³-hybridized carbons (Fsp3) is 1.00. The molecule has 0 heterocycles. The predicted octanol–water partition coefficient (Wildman–Crippen LogP) is 0.838. The molecule has 0 amide bonds. The van der Waals surface area contributed by atoms with E-state index >= 15 is 0 Å². The minimum absolute atomic E-state index is 0. The Labute approximate surface area is 70.0 Å². The smallest absolute Gasteiger partial charge is 0.0601 e. The van der Waals surface area contributed by atoms with Crippen molar-refractivity contribution in [3.63, 3.8) is 0 Å². The third-order valence-corrected chi connectivity index (χ3v) is 2.13. The molecule has 62 valence electrons. The second kappa shape index (κ2) is 4.21. The fourth-order valence-corrected chi connectivity index (χ4v) is 1.15. The monoisotopic (exact) mass is 163 g/mol. The summed E-state index contributed by atoms with van der Waals surface area (Å²) < 4.78 is 5.14. The highest BCUT2D eigenvalue weighted by atomic mass is 32.1. The van der Waals surface area contributed by atoms with E-state index in [1.807, 2.05) is 0 Å². The standard InChI is InChI=1S/C7H15NO.H2S/c1-8(2)6-4-7(5-6)9-3;/h6-7H,4-5H2,1-3H3;1H2. The largest absolute Gasteiger partial charge is 0.381 e. The third kappa shape index (κ3) is 2.15. The second-order valence-corrected chi connectivity index (χ2v) is 2.95. The fourth-order valence-electron chi connectivity index (χ4n) is 1.15. The Morgan fingerprint density at radius 3 is 2.10 bits per heavy atom. The molecule has 0 atom stereocenters. The highest BCUT2D eigenvalue weighted by Gasteiger charge is 2.29. The molecular weight excluding hydrogens is 146 g/mol. The lowest BCUT2D eigenvalue weighted by molar-refractivity contribution is -0.0125. The van der Waals surface area contributed by atoms with Crippen molar-refractivity contribution in [2.75, 3.05) is 21.2 Å². The Hall–Kier alpha value is 0.270. The van der Waals surface area contributed by atoms with Gasteiger partial charge in [0.1, 0.15) is 0 Å². The maximum atomic E-state index is 5.14. The van der Waals surface area contributed by atoms with Crippen LogP contribution in [0.15, 0.2) is 0 Å². The van der Waals surface area contributed by atoms with Crippen molar-refractivity contribution in [2.45, 2.75) is 25.0 Å². The molecule has 1 rings (SSSR count). The Kier molecular flexibility index (Phi) is 4.32. The summed E-state index contributed by atoms with van der Waals surface area (Å²) in [5, 5.41) is 0. The van der Waals surface area contributed by atoms with Crippen molar-refractivity contribution in [2.24, 2.45) is 0 Å². The van der Waals surface area contributed by atoms with Crippen molar-refractivity contribution in [3.05, 3.63) is 0 Å². The summed E-state index contributed by atoms with van der Waals surface area (Å²) in [6.07, 6.45) is 2.96. The first kappa shape index (κ1) is 10.3. The SMILES string of the molecule is COC1CC(N(C)C)C1.S. The number of methoxy groups -OCH3 is 1. The van der Waals surface area contributed by atoms with E-state index in [4.69, 9.17) is 4.74 Å². The lowest BCUT2D eigenvalue weighted by Gasteiger charge is -2.38. The summed E-state index contributed by atoms with van der Waals surface area (Å²) in [7, 11) is 6.03. The lowest BCUT2D eigenvalue weighted by atomic mass is 9.88. The van der Waals surface area contributed by atoms with Gasteiger partial charge in [0, 0.05) is 13.2 Å². The first-order chi connectivity index (χ1) is 4.24. The normalized spacial score (nSPS) is 31.2. The predicted molar refractivity (Wildman–Crippen MR) is 47.9 cm³/mol. The van der Waals surface area contributed by atoms with Gasteiger partial charge in [-0.05, 0) is 26.9 Å². The average Bonchev–Trinajstić information content (AvgIpc) is 1.61. The van der Waals surface area contributed by atoms with Crippen LogP contribution in [0.3, 0.4) is 0 Å². The highest BCUT2D eigenvalue weighted by molar-refractivity contribution is 7.59. The van der Waals surface area contributed by atoms with E-state index in [1.165, 1.54) is 12.8 Å². The second-order valence-electron chi connectivity index (χ2n) is 2.95. The van der Waals surface area contributed by atoms with Crippen molar-refractivity contribution in [3.8, 4) is 0 Å². The van der Waals surface area contributed by atoms with Gasteiger partial charge >= 0.3 is 0 Å². The van der Waals surface area contributed by atoms with Crippen LogP contribution in [0.4, 0.5) is 0 Å². The van der Waals surface area contributed by atoms with E-state index in [-0.39, 0.29) is 13.5 Å². The number of ether oxygens (including phenoxy) is 1. The zero-order valence-electron chi connectivity index (χ0n) is 6.92. The van der Waals surface area contributed by atoms with E-state index in [2.05, 4.69) is 19.0 Å². The molecule has 3 heteroatoms. The van der Waals surface area contributed by atoms with Gasteiger partial charge in [-0.15, -0.1) is 0 Å². The molecule has 0 aromatic heterocycles. The van der Waals surface area contributed by atoms with Gasteiger partial charge in [-0.25, -0.2) is 0 Å². The van der Waals surface area contributed by atoms with Gasteiger partial charge in [0.15, 0.2) is 0 Å². The van der Waals surface area contributed by atoms with E-state index in [9.17, 15) is 0 Å². The Balaban J connectivity index is 0.000000810. The zero-order chi connectivity index (χ0) is 6.85. The molecule has 1 fully saturated rings. The van der Waals surface area contributed by atoms with E-state index < -0.39 is 0 Å².